The summed E-state index contributed by atoms with van der Waals surface area (Å²) in [6, 6.07) is 3.06. The third-order valence-corrected chi connectivity index (χ3v) is 3.64. The zero-order chi connectivity index (χ0) is 16.3. The first kappa shape index (κ1) is 16.8. The quantitative estimate of drug-likeness (QED) is 0.764. The van der Waals surface area contributed by atoms with Gasteiger partial charge in [0.1, 0.15) is 17.7 Å². The number of carbonyl (C=O) groups excluding carboxylic acids is 1. The van der Waals surface area contributed by atoms with Crippen LogP contribution in [0.25, 0.3) is 0 Å². The van der Waals surface area contributed by atoms with Gasteiger partial charge in [-0.25, -0.2) is 8.78 Å². The summed E-state index contributed by atoms with van der Waals surface area (Å²) in [7, 11) is 0. The van der Waals surface area contributed by atoms with Crippen LogP contribution in [-0.2, 0) is 15.1 Å². The van der Waals surface area contributed by atoms with E-state index in [4.69, 9.17) is 9.84 Å². The number of halogens is 2. The third-order valence-electron chi connectivity index (χ3n) is 3.64. The van der Waals surface area contributed by atoms with Crippen LogP contribution in [0.2, 0.25) is 0 Å². The van der Waals surface area contributed by atoms with E-state index in [1.54, 1.807) is 13.8 Å². The summed E-state index contributed by atoms with van der Waals surface area (Å²) >= 11 is 0. The molecule has 0 aromatic heterocycles. The Morgan fingerprint density at radius 2 is 2.23 bits per heavy atom. The maximum Gasteiger partial charge on any atom is 0.251 e. The van der Waals surface area contributed by atoms with E-state index in [9.17, 15) is 13.6 Å². The van der Waals surface area contributed by atoms with Crippen molar-refractivity contribution in [3.63, 3.8) is 0 Å². The van der Waals surface area contributed by atoms with Gasteiger partial charge >= 0.3 is 0 Å². The van der Waals surface area contributed by atoms with Crippen molar-refractivity contribution in [3.8, 4) is 0 Å². The standard InChI is InChI=1S/C15H20F2N2O3/c1-15(2,11-4-3-9(16)5-12(11)17)19-14(21)13-6-18-10(7-20)8-22-13/h3-5,10,13,18,20H,6-8H2,1-2H3,(H,19,21)/t10-,13+/m1/s1. The molecule has 0 saturated carbocycles. The summed E-state index contributed by atoms with van der Waals surface area (Å²) in [5.41, 5.74) is -0.814. The molecule has 22 heavy (non-hydrogen) atoms. The Morgan fingerprint density at radius 3 is 2.77 bits per heavy atom. The van der Waals surface area contributed by atoms with Crippen LogP contribution in [0.4, 0.5) is 8.78 Å². The van der Waals surface area contributed by atoms with Crippen molar-refractivity contribution >= 4 is 5.91 Å². The maximum absolute atomic E-state index is 13.9. The summed E-state index contributed by atoms with van der Waals surface area (Å²) in [4.78, 5) is 12.2. The number of hydrogen-bond acceptors (Lipinski definition) is 4. The number of rotatable bonds is 4. The van der Waals surface area contributed by atoms with Crippen molar-refractivity contribution in [1.82, 2.24) is 10.6 Å². The fourth-order valence-corrected chi connectivity index (χ4v) is 2.36. The van der Waals surface area contributed by atoms with Crippen molar-refractivity contribution in [2.24, 2.45) is 0 Å². The minimum Gasteiger partial charge on any atom is -0.395 e. The van der Waals surface area contributed by atoms with E-state index >= 15 is 0 Å². The van der Waals surface area contributed by atoms with Gasteiger partial charge in [0, 0.05) is 18.2 Å². The van der Waals surface area contributed by atoms with Crippen molar-refractivity contribution < 1.29 is 23.4 Å². The first-order valence-electron chi connectivity index (χ1n) is 7.07. The van der Waals surface area contributed by atoms with Crippen LogP contribution in [0, 0.1) is 11.6 Å². The van der Waals surface area contributed by atoms with E-state index in [0.29, 0.717) is 0 Å². The molecule has 7 heteroatoms. The predicted molar refractivity (Wildman–Crippen MR) is 76.1 cm³/mol. The van der Waals surface area contributed by atoms with Gasteiger partial charge in [-0.05, 0) is 19.9 Å². The molecule has 0 bridgehead atoms. The topological polar surface area (TPSA) is 70.6 Å². The van der Waals surface area contributed by atoms with E-state index in [1.165, 1.54) is 6.07 Å². The lowest BCUT2D eigenvalue weighted by Crippen LogP contribution is -2.56. The molecular formula is C15H20F2N2O3. The normalized spacial score (nSPS) is 22.4. The summed E-state index contributed by atoms with van der Waals surface area (Å²) in [6.07, 6.45) is -0.717. The van der Waals surface area contributed by atoms with E-state index in [2.05, 4.69) is 10.6 Å². The van der Waals surface area contributed by atoms with Crippen molar-refractivity contribution in [1.29, 1.82) is 0 Å². The van der Waals surface area contributed by atoms with Crippen LogP contribution in [-0.4, -0.2) is 42.9 Å². The highest BCUT2D eigenvalue weighted by Gasteiger charge is 2.32. The Balaban J connectivity index is 2.03. The van der Waals surface area contributed by atoms with Crippen LogP contribution in [0.15, 0.2) is 18.2 Å². The molecule has 1 aliphatic rings. The van der Waals surface area contributed by atoms with Crippen LogP contribution < -0.4 is 10.6 Å². The second-order valence-corrected chi connectivity index (χ2v) is 5.85. The van der Waals surface area contributed by atoms with E-state index in [-0.39, 0.29) is 31.4 Å². The molecule has 1 aromatic rings. The van der Waals surface area contributed by atoms with Crippen molar-refractivity contribution in [3.05, 3.63) is 35.4 Å². The third kappa shape index (κ3) is 3.79. The van der Waals surface area contributed by atoms with Gasteiger partial charge < -0.3 is 20.5 Å². The number of ether oxygens (including phenoxy) is 1. The molecule has 2 rings (SSSR count). The molecule has 0 aliphatic carbocycles. The lowest BCUT2D eigenvalue weighted by atomic mass is 9.93. The molecule has 1 heterocycles. The predicted octanol–water partition coefficient (Wildman–Crippen LogP) is 0.665. The second-order valence-electron chi connectivity index (χ2n) is 5.85. The fraction of sp³-hybridized carbons (Fsp3) is 0.533. The molecule has 1 aliphatic heterocycles. The van der Waals surface area contributed by atoms with Gasteiger partial charge in [0.15, 0.2) is 0 Å². The Kier molecular flexibility index (Phi) is 5.10. The SMILES string of the molecule is CC(C)(NC(=O)[C@@H]1CN[C@H](CO)CO1)c1ccc(F)cc1F. The Morgan fingerprint density at radius 1 is 1.50 bits per heavy atom. The average molecular weight is 314 g/mol. The zero-order valence-electron chi connectivity index (χ0n) is 12.5. The van der Waals surface area contributed by atoms with Crippen LogP contribution in [0.3, 0.4) is 0 Å². The first-order valence-corrected chi connectivity index (χ1v) is 7.07. The number of nitrogens with one attached hydrogen (secondary N) is 2. The van der Waals surface area contributed by atoms with Gasteiger partial charge in [-0.2, -0.15) is 0 Å². The first-order chi connectivity index (χ1) is 10.3. The largest absolute Gasteiger partial charge is 0.395 e. The number of hydrogen-bond donors (Lipinski definition) is 3. The minimum absolute atomic E-state index is 0.0688. The van der Waals surface area contributed by atoms with Gasteiger partial charge in [-0.15, -0.1) is 0 Å². The van der Waals surface area contributed by atoms with Crippen LogP contribution in [0.1, 0.15) is 19.4 Å². The Hall–Kier alpha value is -1.57. The molecule has 1 aromatic carbocycles. The van der Waals surface area contributed by atoms with Crippen LogP contribution in [0.5, 0.6) is 0 Å². The zero-order valence-corrected chi connectivity index (χ0v) is 12.5. The summed E-state index contributed by atoms with van der Waals surface area (Å²) < 4.78 is 32.2. The Labute approximate surface area is 127 Å². The molecule has 2 atom stereocenters. The molecule has 3 N–H and O–H groups in total. The molecule has 1 amide bonds. The van der Waals surface area contributed by atoms with E-state index < -0.39 is 29.2 Å². The second kappa shape index (κ2) is 6.68. The number of carbonyl (C=O) groups is 1. The molecule has 0 spiro atoms. The van der Waals surface area contributed by atoms with Gasteiger partial charge in [-0.3, -0.25) is 4.79 Å². The fourth-order valence-electron chi connectivity index (χ4n) is 2.36. The molecule has 122 valence electrons. The number of aliphatic hydroxyl groups is 1. The highest BCUT2D eigenvalue weighted by Crippen LogP contribution is 2.24. The van der Waals surface area contributed by atoms with Gasteiger partial charge in [-0.1, -0.05) is 6.07 Å². The lowest BCUT2D eigenvalue weighted by Gasteiger charge is -2.33. The van der Waals surface area contributed by atoms with Crippen molar-refractivity contribution in [2.45, 2.75) is 31.5 Å². The summed E-state index contributed by atoms with van der Waals surface area (Å²) in [5, 5.41) is 14.7. The Bertz CT molecular complexity index is 544. The molecule has 1 fully saturated rings. The average Bonchev–Trinajstić information content (AvgIpc) is 2.46. The van der Waals surface area contributed by atoms with E-state index in [0.717, 1.165) is 12.1 Å². The van der Waals surface area contributed by atoms with Gasteiger partial charge in [0.2, 0.25) is 0 Å². The lowest BCUT2D eigenvalue weighted by molar-refractivity contribution is -0.137. The smallest absolute Gasteiger partial charge is 0.251 e. The van der Waals surface area contributed by atoms with Crippen molar-refractivity contribution in [2.75, 3.05) is 19.8 Å². The molecule has 5 nitrogen and oxygen atoms in total. The molecule has 1 saturated heterocycles. The van der Waals surface area contributed by atoms with Crippen LogP contribution >= 0.6 is 0 Å². The maximum atomic E-state index is 13.9. The van der Waals surface area contributed by atoms with Gasteiger partial charge in [0.25, 0.3) is 5.91 Å². The summed E-state index contributed by atoms with van der Waals surface area (Å²) in [6.45, 7) is 3.68. The summed E-state index contributed by atoms with van der Waals surface area (Å²) in [5.74, 6) is -1.77. The minimum atomic E-state index is -1.01. The number of aliphatic hydroxyl groups excluding tert-OH is 1. The molecule has 0 radical (unpaired) electrons. The van der Waals surface area contributed by atoms with E-state index in [1.807, 2.05) is 0 Å². The number of amides is 1. The highest BCUT2D eigenvalue weighted by molar-refractivity contribution is 5.82. The molecular weight excluding hydrogens is 294 g/mol. The highest BCUT2D eigenvalue weighted by atomic mass is 19.1. The number of morpholine rings is 1. The van der Waals surface area contributed by atoms with Gasteiger partial charge in [0.05, 0.1) is 24.8 Å². The molecule has 0 unspecified atom stereocenters. The number of benzene rings is 1. The monoisotopic (exact) mass is 314 g/mol.